The second-order valence-electron chi connectivity index (χ2n) is 9.89. The lowest BCUT2D eigenvalue weighted by Gasteiger charge is -2.50. The van der Waals surface area contributed by atoms with Crippen molar-refractivity contribution < 1.29 is 23.8 Å². The van der Waals surface area contributed by atoms with Crippen LogP contribution in [0.3, 0.4) is 0 Å². The van der Waals surface area contributed by atoms with Gasteiger partial charge in [-0.1, -0.05) is 39.0 Å². The van der Waals surface area contributed by atoms with E-state index in [4.69, 9.17) is 4.74 Å². The summed E-state index contributed by atoms with van der Waals surface area (Å²) in [5, 5.41) is 12.6. The molecular formula is C25H29FN2O4. The summed E-state index contributed by atoms with van der Waals surface area (Å²) in [6.07, 6.45) is 0.186. The first-order valence-corrected chi connectivity index (χ1v) is 10.9. The molecule has 2 aliphatic heterocycles. The highest BCUT2D eigenvalue weighted by atomic mass is 19.1. The topological polar surface area (TPSA) is 78.9 Å². The van der Waals surface area contributed by atoms with Crippen LogP contribution in [0.5, 0.6) is 5.75 Å². The number of likely N-dealkylation sites (tertiary alicyclic amines) is 1. The number of nitrogens with zero attached hydrogens (tertiary/aromatic N) is 1. The maximum atomic E-state index is 13.7. The molecule has 2 atom stereocenters. The lowest BCUT2D eigenvalue weighted by molar-refractivity contribution is 0.0161. The first-order valence-electron chi connectivity index (χ1n) is 10.9. The van der Waals surface area contributed by atoms with Gasteiger partial charge in [0, 0.05) is 30.1 Å². The maximum Gasteiger partial charge on any atom is 0.407 e. The standard InChI is InChI=1S/C25H29FN2O4/c1-24(2,3)21-13-25(10-11-28(21)23(30)31,17-5-7-18(26)8-6-17)15-32-19-9-4-16-14-27-22(29)20(16)12-19/h4-9,12,21H,10-11,13-15H2,1-3H3,(H,27,29)(H,30,31). The van der Waals surface area contributed by atoms with Gasteiger partial charge >= 0.3 is 6.09 Å². The Morgan fingerprint density at radius 2 is 1.97 bits per heavy atom. The van der Waals surface area contributed by atoms with E-state index in [0.717, 1.165) is 11.1 Å². The number of nitrogens with one attached hydrogen (secondary N) is 1. The fourth-order valence-electron chi connectivity index (χ4n) is 4.86. The smallest absolute Gasteiger partial charge is 0.407 e. The number of carboxylic acid groups (broad SMARTS) is 1. The van der Waals surface area contributed by atoms with Gasteiger partial charge in [0.1, 0.15) is 11.6 Å². The molecule has 0 saturated carbocycles. The number of hydrogen-bond acceptors (Lipinski definition) is 3. The summed E-state index contributed by atoms with van der Waals surface area (Å²) >= 11 is 0. The van der Waals surface area contributed by atoms with Gasteiger partial charge < -0.3 is 20.1 Å². The van der Waals surface area contributed by atoms with Crippen LogP contribution in [0.15, 0.2) is 42.5 Å². The van der Waals surface area contributed by atoms with Crippen molar-refractivity contribution in [1.82, 2.24) is 10.2 Å². The lowest BCUT2D eigenvalue weighted by atomic mass is 9.66. The van der Waals surface area contributed by atoms with Gasteiger partial charge in [-0.2, -0.15) is 0 Å². The Hall–Kier alpha value is -3.09. The van der Waals surface area contributed by atoms with Crippen molar-refractivity contribution >= 4 is 12.0 Å². The first-order chi connectivity index (χ1) is 15.1. The first kappa shape index (κ1) is 22.1. The third-order valence-electron chi connectivity index (χ3n) is 6.77. The minimum atomic E-state index is -0.928. The molecule has 1 fully saturated rings. The number of hydrogen-bond donors (Lipinski definition) is 2. The summed E-state index contributed by atoms with van der Waals surface area (Å²) < 4.78 is 19.9. The molecule has 2 amide bonds. The Morgan fingerprint density at radius 3 is 2.62 bits per heavy atom. The fraction of sp³-hybridized carbons (Fsp3) is 0.440. The van der Waals surface area contributed by atoms with Gasteiger partial charge in [-0.3, -0.25) is 4.79 Å². The molecule has 2 unspecified atom stereocenters. The summed E-state index contributed by atoms with van der Waals surface area (Å²) in [5.74, 6) is 0.168. The summed E-state index contributed by atoms with van der Waals surface area (Å²) in [6.45, 7) is 7.30. The van der Waals surface area contributed by atoms with Crippen molar-refractivity contribution in [3.8, 4) is 5.75 Å². The van der Waals surface area contributed by atoms with Gasteiger partial charge in [0.05, 0.1) is 6.61 Å². The molecule has 2 aromatic rings. The maximum absolute atomic E-state index is 13.7. The molecule has 32 heavy (non-hydrogen) atoms. The average Bonchev–Trinajstić information content (AvgIpc) is 3.12. The molecule has 6 nitrogen and oxygen atoms in total. The van der Waals surface area contributed by atoms with Crippen LogP contribution < -0.4 is 10.1 Å². The number of ether oxygens (including phenoxy) is 1. The van der Waals surface area contributed by atoms with Crippen LogP contribution in [0.4, 0.5) is 9.18 Å². The Kier molecular flexibility index (Phi) is 5.61. The minimum Gasteiger partial charge on any atom is -0.493 e. The Morgan fingerprint density at radius 1 is 1.25 bits per heavy atom. The third-order valence-corrected chi connectivity index (χ3v) is 6.77. The third kappa shape index (κ3) is 4.16. The van der Waals surface area contributed by atoms with Crippen LogP contribution in [-0.2, 0) is 12.0 Å². The van der Waals surface area contributed by atoms with Crippen LogP contribution in [0.1, 0.15) is 55.1 Å². The number of benzene rings is 2. The Labute approximate surface area is 187 Å². The van der Waals surface area contributed by atoms with Crippen LogP contribution in [0, 0.1) is 11.2 Å². The number of carbonyl (C=O) groups is 2. The lowest BCUT2D eigenvalue weighted by Crippen LogP contribution is -2.57. The molecule has 0 aliphatic carbocycles. The number of carbonyl (C=O) groups excluding carboxylic acids is 1. The highest BCUT2D eigenvalue weighted by molar-refractivity contribution is 5.98. The van der Waals surface area contributed by atoms with Crippen molar-refractivity contribution in [2.45, 2.75) is 51.6 Å². The number of piperidine rings is 1. The molecule has 1 saturated heterocycles. The van der Waals surface area contributed by atoms with E-state index in [1.807, 2.05) is 32.9 Å². The zero-order valence-corrected chi connectivity index (χ0v) is 18.7. The largest absolute Gasteiger partial charge is 0.493 e. The second kappa shape index (κ2) is 8.11. The number of rotatable bonds is 4. The number of amides is 2. The van der Waals surface area contributed by atoms with E-state index in [1.165, 1.54) is 17.0 Å². The molecule has 2 N–H and O–H groups in total. The van der Waals surface area contributed by atoms with E-state index in [2.05, 4.69) is 5.32 Å². The van der Waals surface area contributed by atoms with Crippen molar-refractivity contribution in [2.24, 2.45) is 5.41 Å². The van der Waals surface area contributed by atoms with Gasteiger partial charge in [-0.25, -0.2) is 9.18 Å². The monoisotopic (exact) mass is 440 g/mol. The SMILES string of the molecule is CC(C)(C)C1CC(COc2ccc3c(c2)C(=O)NC3)(c2ccc(F)cc2)CCN1C(=O)O. The molecule has 4 rings (SSSR count). The van der Waals surface area contributed by atoms with Crippen LogP contribution >= 0.6 is 0 Å². The van der Waals surface area contributed by atoms with Crippen LogP contribution in [0.25, 0.3) is 0 Å². The summed E-state index contributed by atoms with van der Waals surface area (Å²) in [5.41, 5.74) is 1.72. The predicted octanol–water partition coefficient (Wildman–Crippen LogP) is 4.57. The van der Waals surface area contributed by atoms with E-state index >= 15 is 0 Å². The quantitative estimate of drug-likeness (QED) is 0.730. The van der Waals surface area contributed by atoms with Gasteiger partial charge in [-0.15, -0.1) is 0 Å². The molecule has 0 aromatic heterocycles. The zero-order valence-electron chi connectivity index (χ0n) is 18.7. The van der Waals surface area contributed by atoms with E-state index in [0.29, 0.717) is 43.9 Å². The summed E-state index contributed by atoms with van der Waals surface area (Å²) in [4.78, 5) is 25.5. The average molecular weight is 441 g/mol. The zero-order chi connectivity index (χ0) is 23.1. The molecule has 7 heteroatoms. The number of halogens is 1. The normalized spacial score (nSPS) is 22.9. The molecule has 0 bridgehead atoms. The second-order valence-corrected chi connectivity index (χ2v) is 9.89. The molecular weight excluding hydrogens is 411 g/mol. The molecule has 2 aliphatic rings. The molecule has 2 heterocycles. The van der Waals surface area contributed by atoms with Crippen molar-refractivity contribution in [3.05, 3.63) is 65.0 Å². The van der Waals surface area contributed by atoms with Crippen LogP contribution in [-0.4, -0.2) is 41.2 Å². The predicted molar refractivity (Wildman–Crippen MR) is 118 cm³/mol. The van der Waals surface area contributed by atoms with Crippen LogP contribution in [0.2, 0.25) is 0 Å². The highest BCUT2D eigenvalue weighted by Crippen LogP contribution is 2.44. The minimum absolute atomic E-state index is 0.110. The van der Waals surface area contributed by atoms with Crippen molar-refractivity contribution in [2.75, 3.05) is 13.2 Å². The Bertz CT molecular complexity index is 1030. The Balaban J connectivity index is 1.66. The summed E-state index contributed by atoms with van der Waals surface area (Å²) in [7, 11) is 0. The van der Waals surface area contributed by atoms with E-state index < -0.39 is 11.5 Å². The van der Waals surface area contributed by atoms with Crippen molar-refractivity contribution in [3.63, 3.8) is 0 Å². The fourth-order valence-corrected chi connectivity index (χ4v) is 4.86. The number of fused-ring (bicyclic) bond motifs is 1. The van der Waals surface area contributed by atoms with Gasteiger partial charge in [0.25, 0.3) is 5.91 Å². The molecule has 0 spiro atoms. The molecule has 170 valence electrons. The highest BCUT2D eigenvalue weighted by Gasteiger charge is 2.47. The van der Waals surface area contributed by atoms with Gasteiger partial charge in [0.2, 0.25) is 0 Å². The van der Waals surface area contributed by atoms with Gasteiger partial charge in [-0.05, 0) is 53.6 Å². The van der Waals surface area contributed by atoms with Gasteiger partial charge in [0.15, 0.2) is 0 Å². The molecule has 0 radical (unpaired) electrons. The van der Waals surface area contributed by atoms with E-state index in [9.17, 15) is 19.1 Å². The van der Waals surface area contributed by atoms with Crippen molar-refractivity contribution in [1.29, 1.82) is 0 Å². The summed E-state index contributed by atoms with van der Waals surface area (Å²) in [6, 6.07) is 11.7. The molecule has 2 aromatic carbocycles. The van der Waals surface area contributed by atoms with E-state index in [-0.39, 0.29) is 23.2 Å². The van der Waals surface area contributed by atoms with E-state index in [1.54, 1.807) is 18.2 Å².